The molecule has 1 aromatic heterocycles. The van der Waals surface area contributed by atoms with Crippen LogP contribution in [0.25, 0.3) is 21.8 Å². The van der Waals surface area contributed by atoms with E-state index in [1.807, 2.05) is 48.5 Å². The van der Waals surface area contributed by atoms with E-state index in [0.717, 1.165) is 66.5 Å². The average molecular weight is 532 g/mol. The number of hydrogen-bond acceptors (Lipinski definition) is 3. The number of halogens is 3. The van der Waals surface area contributed by atoms with Gasteiger partial charge in [-0.3, -0.25) is 9.69 Å². The van der Waals surface area contributed by atoms with Crippen molar-refractivity contribution in [3.63, 3.8) is 0 Å². The molecule has 0 bridgehead atoms. The second-order valence-corrected chi connectivity index (χ2v) is 9.59. The molecule has 0 radical (unpaired) electrons. The number of anilines is 1. The quantitative estimate of drug-likeness (QED) is 0.290. The first-order valence-corrected chi connectivity index (χ1v) is 12.5. The summed E-state index contributed by atoms with van der Waals surface area (Å²) in [7, 11) is 0. The molecule has 2 N–H and O–H groups in total. The maximum Gasteiger partial charge on any atom is 0.252 e. The van der Waals surface area contributed by atoms with Crippen LogP contribution in [-0.2, 0) is 0 Å². The number of aromatic nitrogens is 1. The number of fused-ring (bicyclic) bond motifs is 3. The molecule has 2 heterocycles. The number of hydrogen-bond donors (Lipinski definition) is 2. The second kappa shape index (κ2) is 11.1. The average Bonchev–Trinajstić information content (AvgIpc) is 3.23. The molecule has 0 saturated carbocycles. The van der Waals surface area contributed by atoms with Crippen LogP contribution in [-0.4, -0.2) is 48.1 Å². The lowest BCUT2D eigenvalue weighted by molar-refractivity contribution is 0.0824. The summed E-state index contributed by atoms with van der Waals surface area (Å²) in [6, 6.07) is 19.8. The number of H-pyrrole nitrogens is 1. The Bertz CT molecular complexity index is 1330. The van der Waals surface area contributed by atoms with Crippen molar-refractivity contribution in [3.8, 4) is 0 Å². The number of rotatable bonds is 6. The molecule has 184 valence electrons. The van der Waals surface area contributed by atoms with Gasteiger partial charge in [-0.05, 0) is 42.8 Å². The third kappa shape index (κ3) is 5.24. The van der Waals surface area contributed by atoms with Gasteiger partial charge in [-0.25, -0.2) is 0 Å². The molecule has 1 amide bonds. The molecule has 35 heavy (non-hydrogen) atoms. The zero-order chi connectivity index (χ0) is 23.7. The molecule has 1 aliphatic heterocycles. The summed E-state index contributed by atoms with van der Waals surface area (Å²) in [5.74, 6) is -0.0362. The summed E-state index contributed by atoms with van der Waals surface area (Å²) < 4.78 is 0. The Kier molecular flexibility index (Phi) is 8.12. The molecule has 0 aliphatic carbocycles. The summed E-state index contributed by atoms with van der Waals surface area (Å²) in [5, 5.41) is 6.67. The number of amides is 1. The highest BCUT2D eigenvalue weighted by Crippen LogP contribution is 2.33. The fourth-order valence-corrected chi connectivity index (χ4v) is 5.27. The number of nitrogens with zero attached hydrogens (tertiary/aromatic N) is 2. The van der Waals surface area contributed by atoms with Gasteiger partial charge in [0.1, 0.15) is 0 Å². The molecule has 1 atom stereocenters. The molecule has 8 heteroatoms. The minimum absolute atomic E-state index is 0. The van der Waals surface area contributed by atoms with Gasteiger partial charge in [0.15, 0.2) is 0 Å². The molecule has 4 aromatic rings. The molecule has 1 saturated heterocycles. The Labute approximate surface area is 221 Å². The number of benzene rings is 3. The van der Waals surface area contributed by atoms with Gasteiger partial charge in [0.2, 0.25) is 0 Å². The minimum Gasteiger partial charge on any atom is -0.368 e. The Hall–Kier alpha value is -2.44. The largest absolute Gasteiger partial charge is 0.368 e. The van der Waals surface area contributed by atoms with Crippen LogP contribution in [0.5, 0.6) is 0 Å². The molecular formula is C27H29Cl3N4O. The maximum absolute atomic E-state index is 13.3. The highest BCUT2D eigenvalue weighted by molar-refractivity contribution is 6.43. The van der Waals surface area contributed by atoms with E-state index in [1.165, 1.54) is 0 Å². The van der Waals surface area contributed by atoms with E-state index < -0.39 is 0 Å². The zero-order valence-electron chi connectivity index (χ0n) is 19.6. The van der Waals surface area contributed by atoms with Gasteiger partial charge in [-0.15, -0.1) is 12.4 Å². The summed E-state index contributed by atoms with van der Waals surface area (Å²) in [4.78, 5) is 21.3. The van der Waals surface area contributed by atoms with Crippen molar-refractivity contribution >= 4 is 69.0 Å². The Balaban J connectivity index is 0.00000289. The molecule has 0 spiro atoms. The van der Waals surface area contributed by atoms with E-state index in [2.05, 4.69) is 39.2 Å². The number of piperazine rings is 1. The van der Waals surface area contributed by atoms with Gasteiger partial charge in [-0.2, -0.15) is 0 Å². The van der Waals surface area contributed by atoms with Crippen molar-refractivity contribution in [2.75, 3.05) is 31.1 Å². The van der Waals surface area contributed by atoms with Crippen LogP contribution < -0.4 is 10.2 Å². The fraction of sp³-hybridized carbons (Fsp3) is 0.296. The number of nitrogens with one attached hydrogen (secondary N) is 2. The smallest absolute Gasteiger partial charge is 0.252 e. The van der Waals surface area contributed by atoms with E-state index >= 15 is 0 Å². The predicted molar refractivity (Wildman–Crippen MR) is 149 cm³/mol. The summed E-state index contributed by atoms with van der Waals surface area (Å²) >= 11 is 12.6. The van der Waals surface area contributed by atoms with Crippen molar-refractivity contribution in [2.24, 2.45) is 0 Å². The third-order valence-corrected chi connectivity index (χ3v) is 7.46. The van der Waals surface area contributed by atoms with Gasteiger partial charge in [0, 0.05) is 53.5 Å². The molecule has 1 fully saturated rings. The summed E-state index contributed by atoms with van der Waals surface area (Å²) in [6.45, 7) is 5.50. The van der Waals surface area contributed by atoms with Crippen LogP contribution in [0.4, 0.5) is 5.69 Å². The van der Waals surface area contributed by atoms with Gasteiger partial charge in [0.05, 0.1) is 21.9 Å². The minimum atomic E-state index is -0.0362. The normalized spacial score (nSPS) is 15.2. The SMILES string of the molecule is CCCC(NC(=O)c1ccc2[nH]c3ccccc3c2c1)N1CCN(c2cccc(Cl)c2Cl)CC1.Cl. The van der Waals surface area contributed by atoms with Gasteiger partial charge >= 0.3 is 0 Å². The number of aromatic amines is 1. The highest BCUT2D eigenvalue weighted by Gasteiger charge is 2.26. The first-order chi connectivity index (χ1) is 16.5. The lowest BCUT2D eigenvalue weighted by Crippen LogP contribution is -2.56. The maximum atomic E-state index is 13.3. The van der Waals surface area contributed by atoms with Gasteiger partial charge in [-0.1, -0.05) is 60.8 Å². The Morgan fingerprint density at radius 3 is 2.49 bits per heavy atom. The number of carbonyl (C=O) groups is 1. The lowest BCUT2D eigenvalue weighted by Gasteiger charge is -2.40. The monoisotopic (exact) mass is 530 g/mol. The number of carbonyl (C=O) groups excluding carboxylic acids is 1. The van der Waals surface area contributed by atoms with Crippen LogP contribution in [0, 0.1) is 0 Å². The lowest BCUT2D eigenvalue weighted by atomic mass is 10.1. The van der Waals surface area contributed by atoms with Crippen molar-refractivity contribution < 1.29 is 4.79 Å². The Morgan fingerprint density at radius 1 is 0.971 bits per heavy atom. The molecular weight excluding hydrogens is 503 g/mol. The third-order valence-electron chi connectivity index (χ3n) is 6.66. The molecule has 1 aliphatic rings. The topological polar surface area (TPSA) is 51.4 Å². The first-order valence-electron chi connectivity index (χ1n) is 11.8. The van der Waals surface area contributed by atoms with Crippen molar-refractivity contribution in [3.05, 3.63) is 76.3 Å². The van der Waals surface area contributed by atoms with E-state index in [-0.39, 0.29) is 24.5 Å². The van der Waals surface area contributed by atoms with E-state index in [1.54, 1.807) is 0 Å². The summed E-state index contributed by atoms with van der Waals surface area (Å²) in [6.07, 6.45) is 1.89. The fourth-order valence-electron chi connectivity index (χ4n) is 4.85. The van der Waals surface area contributed by atoms with E-state index in [0.29, 0.717) is 15.6 Å². The number of para-hydroxylation sites is 1. The summed E-state index contributed by atoms with van der Waals surface area (Å²) in [5.41, 5.74) is 3.77. The van der Waals surface area contributed by atoms with Crippen LogP contribution in [0.3, 0.4) is 0 Å². The predicted octanol–water partition coefficient (Wildman–Crippen LogP) is 6.73. The molecule has 3 aromatic carbocycles. The van der Waals surface area contributed by atoms with Crippen molar-refractivity contribution in [2.45, 2.75) is 25.9 Å². The van der Waals surface area contributed by atoms with Crippen molar-refractivity contribution in [1.29, 1.82) is 0 Å². The van der Waals surface area contributed by atoms with E-state index in [9.17, 15) is 4.79 Å². The van der Waals surface area contributed by atoms with Gasteiger partial charge in [0.25, 0.3) is 5.91 Å². The van der Waals surface area contributed by atoms with E-state index in [4.69, 9.17) is 23.2 Å². The Morgan fingerprint density at radius 2 is 1.71 bits per heavy atom. The first kappa shape index (κ1) is 25.6. The molecule has 5 rings (SSSR count). The van der Waals surface area contributed by atoms with Gasteiger partial charge < -0.3 is 15.2 Å². The second-order valence-electron chi connectivity index (χ2n) is 8.80. The molecule has 1 unspecified atom stereocenters. The van der Waals surface area contributed by atoms with Crippen LogP contribution >= 0.6 is 35.6 Å². The van der Waals surface area contributed by atoms with Crippen molar-refractivity contribution in [1.82, 2.24) is 15.2 Å². The highest BCUT2D eigenvalue weighted by atomic mass is 35.5. The van der Waals surface area contributed by atoms with Crippen LogP contribution in [0.15, 0.2) is 60.7 Å². The zero-order valence-corrected chi connectivity index (χ0v) is 21.9. The molecule has 5 nitrogen and oxygen atoms in total. The van der Waals surface area contributed by atoms with Crippen LogP contribution in [0.1, 0.15) is 30.1 Å². The van der Waals surface area contributed by atoms with Crippen LogP contribution in [0.2, 0.25) is 10.0 Å². The standard InChI is InChI=1S/C27H28Cl2N4O.ClH/c1-2-6-25(33-15-13-32(14-16-33)24-10-5-8-21(28)26(24)29)31-27(34)18-11-12-23-20(17-18)19-7-3-4-9-22(19)30-23;/h3-5,7-12,17,25,30H,2,6,13-16H2,1H3,(H,31,34);1H.